The van der Waals surface area contributed by atoms with Crippen LogP contribution in [0, 0.1) is 0 Å². The van der Waals surface area contributed by atoms with Crippen molar-refractivity contribution in [3.8, 4) is 0 Å². The zero-order chi connectivity index (χ0) is 20.1. The van der Waals surface area contributed by atoms with Crippen LogP contribution in [0.4, 0.5) is 5.69 Å². The fourth-order valence-electron chi connectivity index (χ4n) is 3.63. The van der Waals surface area contributed by atoms with Gasteiger partial charge in [-0.3, -0.25) is 19.3 Å². The second-order valence-corrected chi connectivity index (χ2v) is 7.38. The fraction of sp³-hybridized carbons (Fsp3) is 0.550. The Morgan fingerprint density at radius 1 is 1.25 bits per heavy atom. The topological polar surface area (TPSA) is 91.0 Å². The minimum atomic E-state index is -0.480. The summed E-state index contributed by atoms with van der Waals surface area (Å²) in [6.45, 7) is 7.57. The zero-order valence-electron chi connectivity index (χ0n) is 16.4. The first-order valence-corrected chi connectivity index (χ1v) is 9.76. The van der Waals surface area contributed by atoms with Crippen LogP contribution in [0.2, 0.25) is 0 Å². The van der Waals surface area contributed by atoms with Crippen LogP contribution in [-0.4, -0.2) is 79.0 Å². The van der Waals surface area contributed by atoms with Crippen LogP contribution in [0.15, 0.2) is 24.3 Å². The van der Waals surface area contributed by atoms with Gasteiger partial charge in [0.05, 0.1) is 25.7 Å². The van der Waals surface area contributed by atoms with Crippen molar-refractivity contribution < 1.29 is 19.1 Å². The van der Waals surface area contributed by atoms with Crippen molar-refractivity contribution in [2.75, 3.05) is 44.7 Å². The number of ether oxygens (including phenoxy) is 1. The molecule has 1 aromatic rings. The van der Waals surface area contributed by atoms with Gasteiger partial charge >= 0.3 is 0 Å². The third kappa shape index (κ3) is 4.88. The van der Waals surface area contributed by atoms with E-state index in [1.807, 2.05) is 18.7 Å². The molecule has 1 aromatic carbocycles. The van der Waals surface area contributed by atoms with Gasteiger partial charge < -0.3 is 20.3 Å². The van der Waals surface area contributed by atoms with E-state index in [2.05, 4.69) is 10.6 Å². The summed E-state index contributed by atoms with van der Waals surface area (Å²) in [5, 5.41) is 5.65. The standard InChI is InChI=1S/C20H28N4O4/c1-14(2)24-7-6-21-19(26)17(24)13-18(25)22-16-5-3-4-15(12-16)20(27)23-8-10-28-11-9-23/h3-5,12,14,17H,6-11,13H2,1-2H3,(H,21,26)(H,22,25). The lowest BCUT2D eigenvalue weighted by atomic mass is 10.1. The summed E-state index contributed by atoms with van der Waals surface area (Å²) in [6, 6.07) is 6.61. The highest BCUT2D eigenvalue weighted by Crippen LogP contribution is 2.17. The van der Waals surface area contributed by atoms with Gasteiger partial charge in [-0.15, -0.1) is 0 Å². The molecule has 0 aromatic heterocycles. The molecule has 2 saturated heterocycles. The van der Waals surface area contributed by atoms with Crippen LogP contribution in [-0.2, 0) is 14.3 Å². The maximum Gasteiger partial charge on any atom is 0.254 e. The van der Waals surface area contributed by atoms with Crippen molar-refractivity contribution in [2.45, 2.75) is 32.4 Å². The molecule has 3 rings (SSSR count). The number of rotatable bonds is 5. The number of carbonyl (C=O) groups is 3. The van der Waals surface area contributed by atoms with Gasteiger partial charge in [-0.05, 0) is 32.0 Å². The van der Waals surface area contributed by atoms with E-state index in [1.165, 1.54) is 0 Å². The third-order valence-electron chi connectivity index (χ3n) is 5.11. The number of nitrogens with zero attached hydrogens (tertiary/aromatic N) is 2. The minimum Gasteiger partial charge on any atom is -0.378 e. The monoisotopic (exact) mass is 388 g/mol. The number of hydrogen-bond donors (Lipinski definition) is 2. The Morgan fingerprint density at radius 3 is 2.71 bits per heavy atom. The Balaban J connectivity index is 1.63. The van der Waals surface area contributed by atoms with Crippen LogP contribution < -0.4 is 10.6 Å². The summed E-state index contributed by atoms with van der Waals surface area (Å²) in [4.78, 5) is 41.2. The summed E-state index contributed by atoms with van der Waals surface area (Å²) in [5.41, 5.74) is 1.08. The summed E-state index contributed by atoms with van der Waals surface area (Å²) in [6.07, 6.45) is 0.0751. The number of carbonyl (C=O) groups excluding carboxylic acids is 3. The van der Waals surface area contributed by atoms with Gasteiger partial charge in [0.2, 0.25) is 11.8 Å². The highest BCUT2D eigenvalue weighted by Gasteiger charge is 2.33. The predicted molar refractivity (Wildman–Crippen MR) is 105 cm³/mol. The number of amides is 3. The van der Waals surface area contributed by atoms with E-state index in [-0.39, 0.29) is 30.2 Å². The fourth-order valence-corrected chi connectivity index (χ4v) is 3.63. The third-order valence-corrected chi connectivity index (χ3v) is 5.11. The summed E-state index contributed by atoms with van der Waals surface area (Å²) >= 11 is 0. The van der Waals surface area contributed by atoms with Crippen molar-refractivity contribution in [1.82, 2.24) is 15.1 Å². The molecule has 0 aliphatic carbocycles. The quantitative estimate of drug-likeness (QED) is 0.775. The normalized spacial score (nSPS) is 20.8. The maximum atomic E-state index is 12.6. The van der Waals surface area contributed by atoms with Gasteiger partial charge in [0.15, 0.2) is 0 Å². The molecular formula is C20H28N4O4. The maximum absolute atomic E-state index is 12.6. The second-order valence-electron chi connectivity index (χ2n) is 7.38. The average Bonchev–Trinajstić information content (AvgIpc) is 2.69. The highest BCUT2D eigenvalue weighted by atomic mass is 16.5. The molecule has 2 fully saturated rings. The Labute approximate surface area is 165 Å². The number of anilines is 1. The number of piperazine rings is 1. The van der Waals surface area contributed by atoms with E-state index in [0.717, 1.165) is 6.54 Å². The number of nitrogens with one attached hydrogen (secondary N) is 2. The van der Waals surface area contributed by atoms with E-state index in [4.69, 9.17) is 4.74 Å². The molecule has 8 heteroatoms. The number of hydrogen-bond acceptors (Lipinski definition) is 5. The van der Waals surface area contributed by atoms with Gasteiger partial charge in [0.25, 0.3) is 5.91 Å². The number of morpholine rings is 1. The molecule has 28 heavy (non-hydrogen) atoms. The molecule has 1 atom stereocenters. The molecule has 8 nitrogen and oxygen atoms in total. The lowest BCUT2D eigenvalue weighted by Gasteiger charge is -2.37. The van der Waals surface area contributed by atoms with Gasteiger partial charge in [0.1, 0.15) is 0 Å². The molecule has 3 amide bonds. The van der Waals surface area contributed by atoms with E-state index >= 15 is 0 Å². The molecule has 1 unspecified atom stereocenters. The van der Waals surface area contributed by atoms with Crippen LogP contribution in [0.1, 0.15) is 30.6 Å². The molecule has 0 bridgehead atoms. The van der Waals surface area contributed by atoms with E-state index in [1.54, 1.807) is 29.2 Å². The highest BCUT2D eigenvalue weighted by molar-refractivity contribution is 5.98. The van der Waals surface area contributed by atoms with Crippen molar-refractivity contribution >= 4 is 23.4 Å². The van der Waals surface area contributed by atoms with Crippen LogP contribution in [0.5, 0.6) is 0 Å². The first-order chi connectivity index (χ1) is 13.5. The second kappa shape index (κ2) is 9.16. The van der Waals surface area contributed by atoms with Gasteiger partial charge in [-0.25, -0.2) is 0 Å². The van der Waals surface area contributed by atoms with Crippen molar-refractivity contribution in [2.24, 2.45) is 0 Å². The van der Waals surface area contributed by atoms with Gasteiger partial charge in [-0.2, -0.15) is 0 Å². The van der Waals surface area contributed by atoms with Gasteiger partial charge in [-0.1, -0.05) is 6.07 Å². The summed E-state index contributed by atoms with van der Waals surface area (Å²) in [7, 11) is 0. The van der Waals surface area contributed by atoms with Crippen LogP contribution >= 0.6 is 0 Å². The first kappa shape index (κ1) is 20.3. The predicted octanol–water partition coefficient (Wildman–Crippen LogP) is 0.696. The molecule has 0 saturated carbocycles. The average molecular weight is 388 g/mol. The minimum absolute atomic E-state index is 0.0722. The van der Waals surface area contributed by atoms with Crippen molar-refractivity contribution in [3.63, 3.8) is 0 Å². The van der Waals surface area contributed by atoms with Crippen molar-refractivity contribution in [3.05, 3.63) is 29.8 Å². The number of benzene rings is 1. The summed E-state index contributed by atoms with van der Waals surface area (Å²) in [5.74, 6) is -0.438. The Hall–Kier alpha value is -2.45. The molecular weight excluding hydrogens is 360 g/mol. The Kier molecular flexibility index (Phi) is 6.64. The molecule has 152 valence electrons. The lowest BCUT2D eigenvalue weighted by Crippen LogP contribution is -2.58. The van der Waals surface area contributed by atoms with Crippen molar-refractivity contribution in [1.29, 1.82) is 0 Å². The molecule has 2 heterocycles. The Bertz CT molecular complexity index is 731. The van der Waals surface area contributed by atoms with E-state index in [9.17, 15) is 14.4 Å². The smallest absolute Gasteiger partial charge is 0.254 e. The molecule has 2 aliphatic rings. The molecule has 0 radical (unpaired) electrons. The molecule has 2 aliphatic heterocycles. The largest absolute Gasteiger partial charge is 0.378 e. The molecule has 2 N–H and O–H groups in total. The SMILES string of the molecule is CC(C)N1CCNC(=O)C1CC(=O)Nc1cccc(C(=O)N2CCOCC2)c1. The van der Waals surface area contributed by atoms with Gasteiger partial charge in [0, 0.05) is 43.5 Å². The zero-order valence-corrected chi connectivity index (χ0v) is 16.4. The van der Waals surface area contributed by atoms with E-state index in [0.29, 0.717) is 44.1 Å². The Morgan fingerprint density at radius 2 is 2.00 bits per heavy atom. The lowest BCUT2D eigenvalue weighted by molar-refractivity contribution is -0.133. The first-order valence-electron chi connectivity index (χ1n) is 9.76. The van der Waals surface area contributed by atoms with Crippen LogP contribution in [0.25, 0.3) is 0 Å². The summed E-state index contributed by atoms with van der Waals surface area (Å²) < 4.78 is 5.28. The van der Waals surface area contributed by atoms with E-state index < -0.39 is 6.04 Å². The van der Waals surface area contributed by atoms with Crippen LogP contribution in [0.3, 0.4) is 0 Å². The molecule has 0 spiro atoms.